The number of hydrogen-bond acceptors (Lipinski definition) is 3. The van der Waals surface area contributed by atoms with Gasteiger partial charge in [-0.25, -0.2) is 0 Å². The Morgan fingerprint density at radius 3 is 2.81 bits per heavy atom. The summed E-state index contributed by atoms with van der Waals surface area (Å²) in [6.07, 6.45) is 0.458. The first-order valence-electron chi connectivity index (χ1n) is 4.95. The summed E-state index contributed by atoms with van der Waals surface area (Å²) < 4.78 is 6.01. The van der Waals surface area contributed by atoms with Crippen LogP contribution < -0.4 is 15.4 Å². The van der Waals surface area contributed by atoms with Gasteiger partial charge >= 0.3 is 0 Å². The van der Waals surface area contributed by atoms with Crippen LogP contribution in [0.4, 0.5) is 5.69 Å². The molecule has 0 radical (unpaired) electrons. The molecule has 1 aromatic rings. The smallest absolute Gasteiger partial charge is 0.221 e. The van der Waals surface area contributed by atoms with Gasteiger partial charge in [0.1, 0.15) is 5.75 Å². The molecule has 0 bridgehead atoms. The zero-order chi connectivity index (χ0) is 12.0. The van der Waals surface area contributed by atoms with Crippen molar-refractivity contribution in [1.29, 1.82) is 0 Å². The van der Waals surface area contributed by atoms with Crippen molar-refractivity contribution in [2.45, 2.75) is 6.42 Å². The molecule has 1 aromatic carbocycles. The van der Waals surface area contributed by atoms with Crippen LogP contribution in [0, 0.1) is 0 Å². The minimum Gasteiger partial charge on any atom is -0.496 e. The Kier molecular flexibility index (Phi) is 5.11. The highest BCUT2D eigenvalue weighted by molar-refractivity contribution is 9.10. The number of anilines is 1. The summed E-state index contributed by atoms with van der Waals surface area (Å²) in [6, 6.07) is 5.70. The quantitative estimate of drug-likeness (QED) is 0.871. The minimum atomic E-state index is 0.0278. The molecule has 0 atom stereocenters. The van der Waals surface area contributed by atoms with Crippen molar-refractivity contribution in [1.82, 2.24) is 5.32 Å². The van der Waals surface area contributed by atoms with Gasteiger partial charge in [-0.15, -0.1) is 0 Å². The molecule has 0 unspecified atom stereocenters. The SMILES string of the molecule is CNC(=O)CCNc1ccc(OC)c(Br)c1. The summed E-state index contributed by atoms with van der Waals surface area (Å²) in [4.78, 5) is 11.0. The molecular formula is C11H15BrN2O2. The fraction of sp³-hybridized carbons (Fsp3) is 0.364. The monoisotopic (exact) mass is 286 g/mol. The Morgan fingerprint density at radius 1 is 1.50 bits per heavy atom. The molecule has 1 rings (SSSR count). The highest BCUT2D eigenvalue weighted by Gasteiger charge is 2.01. The maximum absolute atomic E-state index is 11.0. The van der Waals surface area contributed by atoms with E-state index in [-0.39, 0.29) is 5.91 Å². The van der Waals surface area contributed by atoms with Crippen molar-refractivity contribution in [2.24, 2.45) is 0 Å². The van der Waals surface area contributed by atoms with Crippen molar-refractivity contribution in [2.75, 3.05) is 26.0 Å². The highest BCUT2D eigenvalue weighted by atomic mass is 79.9. The summed E-state index contributed by atoms with van der Waals surface area (Å²) in [5, 5.41) is 5.73. The number of methoxy groups -OCH3 is 1. The third-order valence-corrected chi connectivity index (χ3v) is 2.73. The highest BCUT2D eigenvalue weighted by Crippen LogP contribution is 2.27. The minimum absolute atomic E-state index is 0.0278. The number of amides is 1. The van der Waals surface area contributed by atoms with Crippen molar-refractivity contribution in [3.63, 3.8) is 0 Å². The lowest BCUT2D eigenvalue weighted by Crippen LogP contribution is -2.20. The van der Waals surface area contributed by atoms with E-state index in [1.165, 1.54) is 0 Å². The van der Waals surface area contributed by atoms with E-state index in [2.05, 4.69) is 26.6 Å². The van der Waals surface area contributed by atoms with E-state index < -0.39 is 0 Å². The fourth-order valence-electron chi connectivity index (χ4n) is 1.22. The number of benzene rings is 1. The first-order chi connectivity index (χ1) is 7.67. The molecule has 0 fully saturated rings. The normalized spacial score (nSPS) is 9.69. The van der Waals surface area contributed by atoms with Gasteiger partial charge in [0.2, 0.25) is 5.91 Å². The van der Waals surface area contributed by atoms with Crippen molar-refractivity contribution in [3.05, 3.63) is 22.7 Å². The van der Waals surface area contributed by atoms with Gasteiger partial charge in [-0.1, -0.05) is 0 Å². The molecule has 0 aromatic heterocycles. The van der Waals surface area contributed by atoms with Crippen molar-refractivity contribution >= 4 is 27.5 Å². The van der Waals surface area contributed by atoms with Crippen LogP contribution in [-0.2, 0) is 4.79 Å². The van der Waals surface area contributed by atoms with E-state index in [1.807, 2.05) is 18.2 Å². The summed E-state index contributed by atoms with van der Waals surface area (Å²) in [5.41, 5.74) is 0.955. The first-order valence-corrected chi connectivity index (χ1v) is 5.74. The molecule has 0 saturated heterocycles. The Hall–Kier alpha value is -1.23. The number of carbonyl (C=O) groups is 1. The molecule has 0 spiro atoms. The average molecular weight is 287 g/mol. The van der Waals surface area contributed by atoms with Crippen LogP contribution in [0.1, 0.15) is 6.42 Å². The van der Waals surface area contributed by atoms with Gasteiger partial charge in [-0.2, -0.15) is 0 Å². The average Bonchev–Trinajstić information content (AvgIpc) is 2.29. The number of ether oxygens (including phenoxy) is 1. The van der Waals surface area contributed by atoms with E-state index in [0.717, 1.165) is 15.9 Å². The molecular weight excluding hydrogens is 272 g/mol. The summed E-state index contributed by atoms with van der Waals surface area (Å²) in [5.74, 6) is 0.817. The summed E-state index contributed by atoms with van der Waals surface area (Å²) in [7, 11) is 3.26. The van der Waals surface area contributed by atoms with Gasteiger partial charge in [-0.05, 0) is 34.1 Å². The van der Waals surface area contributed by atoms with E-state index in [1.54, 1.807) is 14.2 Å². The second-order valence-corrected chi connectivity index (χ2v) is 4.05. The molecule has 4 nitrogen and oxygen atoms in total. The standard InChI is InChI=1S/C11H15BrN2O2/c1-13-11(15)5-6-14-8-3-4-10(16-2)9(12)7-8/h3-4,7,14H,5-6H2,1-2H3,(H,13,15). The van der Waals surface area contributed by atoms with Gasteiger partial charge in [0.05, 0.1) is 11.6 Å². The van der Waals surface area contributed by atoms with Gasteiger partial charge < -0.3 is 15.4 Å². The predicted octanol–water partition coefficient (Wildman–Crippen LogP) is 2.01. The number of halogens is 1. The maximum Gasteiger partial charge on any atom is 0.221 e. The first kappa shape index (κ1) is 12.8. The second kappa shape index (κ2) is 6.37. The Morgan fingerprint density at radius 2 is 2.25 bits per heavy atom. The van der Waals surface area contributed by atoms with Crippen LogP contribution in [0.3, 0.4) is 0 Å². The van der Waals surface area contributed by atoms with Gasteiger partial charge in [0, 0.05) is 25.7 Å². The molecule has 0 aliphatic heterocycles. The van der Waals surface area contributed by atoms with Crippen molar-refractivity contribution in [3.8, 4) is 5.75 Å². The molecule has 0 saturated carbocycles. The second-order valence-electron chi connectivity index (χ2n) is 3.20. The number of carbonyl (C=O) groups excluding carboxylic acids is 1. The van der Waals surface area contributed by atoms with E-state index in [4.69, 9.17) is 4.74 Å². The van der Waals surface area contributed by atoms with E-state index in [9.17, 15) is 4.79 Å². The van der Waals surface area contributed by atoms with E-state index in [0.29, 0.717) is 13.0 Å². The lowest BCUT2D eigenvalue weighted by atomic mass is 10.3. The molecule has 0 aliphatic rings. The van der Waals surface area contributed by atoms with Gasteiger partial charge in [-0.3, -0.25) is 4.79 Å². The lowest BCUT2D eigenvalue weighted by Gasteiger charge is -2.08. The zero-order valence-electron chi connectivity index (χ0n) is 9.34. The third-order valence-electron chi connectivity index (χ3n) is 2.11. The van der Waals surface area contributed by atoms with Gasteiger partial charge in [0.25, 0.3) is 0 Å². The summed E-state index contributed by atoms with van der Waals surface area (Å²) >= 11 is 3.40. The van der Waals surface area contributed by atoms with Crippen LogP contribution in [0.25, 0.3) is 0 Å². The number of hydrogen-bond donors (Lipinski definition) is 2. The molecule has 5 heteroatoms. The largest absolute Gasteiger partial charge is 0.496 e. The number of rotatable bonds is 5. The fourth-order valence-corrected chi connectivity index (χ4v) is 1.76. The molecule has 16 heavy (non-hydrogen) atoms. The molecule has 88 valence electrons. The van der Waals surface area contributed by atoms with Crippen LogP contribution in [-0.4, -0.2) is 26.6 Å². The Balaban J connectivity index is 2.49. The topological polar surface area (TPSA) is 50.4 Å². The van der Waals surface area contributed by atoms with E-state index >= 15 is 0 Å². The van der Waals surface area contributed by atoms with Crippen LogP contribution in [0.15, 0.2) is 22.7 Å². The molecule has 0 aliphatic carbocycles. The zero-order valence-corrected chi connectivity index (χ0v) is 10.9. The molecule has 1 amide bonds. The molecule has 0 heterocycles. The number of nitrogens with one attached hydrogen (secondary N) is 2. The van der Waals surface area contributed by atoms with Gasteiger partial charge in [0.15, 0.2) is 0 Å². The van der Waals surface area contributed by atoms with Crippen molar-refractivity contribution < 1.29 is 9.53 Å². The molecule has 2 N–H and O–H groups in total. The Bertz CT molecular complexity index is 369. The summed E-state index contributed by atoms with van der Waals surface area (Å²) in [6.45, 7) is 0.610. The predicted molar refractivity (Wildman–Crippen MR) is 67.9 cm³/mol. The van der Waals surface area contributed by atoms with Crippen LogP contribution in [0.5, 0.6) is 5.75 Å². The maximum atomic E-state index is 11.0. The van der Waals surface area contributed by atoms with Crippen LogP contribution >= 0.6 is 15.9 Å². The lowest BCUT2D eigenvalue weighted by molar-refractivity contribution is -0.120. The Labute approximate surface area is 103 Å². The third kappa shape index (κ3) is 3.73. The van der Waals surface area contributed by atoms with Crippen LogP contribution in [0.2, 0.25) is 0 Å².